The van der Waals surface area contributed by atoms with Crippen LogP contribution in [0.4, 0.5) is 0 Å². The van der Waals surface area contributed by atoms with Crippen molar-refractivity contribution >= 4 is 20.3 Å². The van der Waals surface area contributed by atoms with E-state index in [1.54, 1.807) is 0 Å². The first-order chi connectivity index (χ1) is 11.2. The summed E-state index contributed by atoms with van der Waals surface area (Å²) in [5.74, 6) is -0.813. The van der Waals surface area contributed by atoms with Crippen molar-refractivity contribution in [2.75, 3.05) is 13.7 Å². The van der Waals surface area contributed by atoms with Gasteiger partial charge in [-0.05, 0) is 25.1 Å². The van der Waals surface area contributed by atoms with E-state index in [1.807, 2.05) is 13.8 Å². The molecule has 1 aliphatic carbocycles. The minimum absolute atomic E-state index is 0.0119. The Bertz CT molecular complexity index is 605. The maximum absolute atomic E-state index is 12.7. The van der Waals surface area contributed by atoms with Crippen LogP contribution in [0.15, 0.2) is 12.2 Å². The average Bonchev–Trinajstić information content (AvgIpc) is 2.81. The summed E-state index contributed by atoms with van der Waals surface area (Å²) in [4.78, 5) is 24.7. The number of hydrogen-bond donors (Lipinski definition) is 0. The molecular weight excluding hydrogens is 336 g/mol. The molecule has 0 N–H and O–H groups in total. The fourth-order valence-corrected chi connectivity index (χ4v) is 5.16. The largest absolute Gasteiger partial charge is 0.469 e. The summed E-state index contributed by atoms with van der Waals surface area (Å²) in [7, 11) is -0.796. The van der Waals surface area contributed by atoms with Crippen molar-refractivity contribution in [3.05, 3.63) is 12.2 Å². The van der Waals surface area contributed by atoms with Gasteiger partial charge in [-0.3, -0.25) is 9.59 Å². The Hall–Kier alpha value is -1.14. The summed E-state index contributed by atoms with van der Waals surface area (Å²) in [6.07, 6.45) is -0.257. The van der Waals surface area contributed by atoms with Gasteiger partial charge in [-0.15, -0.1) is 0 Å². The number of esters is 2. The highest BCUT2D eigenvalue weighted by molar-refractivity contribution is 6.74. The lowest BCUT2D eigenvalue weighted by Crippen LogP contribution is -2.52. The van der Waals surface area contributed by atoms with E-state index in [2.05, 4.69) is 40.4 Å². The van der Waals surface area contributed by atoms with Crippen molar-refractivity contribution in [2.24, 2.45) is 16.7 Å². The van der Waals surface area contributed by atoms with Crippen molar-refractivity contribution in [1.29, 1.82) is 0 Å². The molecule has 1 saturated heterocycles. The zero-order valence-corrected chi connectivity index (χ0v) is 17.8. The zero-order chi connectivity index (χ0) is 19.4. The van der Waals surface area contributed by atoms with E-state index in [9.17, 15) is 9.59 Å². The Balaban J connectivity index is 2.51. The molecule has 0 unspecified atom stereocenters. The highest BCUT2D eigenvalue weighted by atomic mass is 28.4. The zero-order valence-electron chi connectivity index (χ0n) is 16.8. The molecule has 142 valence electrons. The van der Waals surface area contributed by atoms with Crippen LogP contribution in [-0.2, 0) is 23.5 Å². The van der Waals surface area contributed by atoms with E-state index in [4.69, 9.17) is 13.9 Å². The molecule has 1 saturated carbocycles. The van der Waals surface area contributed by atoms with E-state index in [-0.39, 0.29) is 35.9 Å². The maximum atomic E-state index is 12.7. The third-order valence-electron chi connectivity index (χ3n) is 7.00. The Morgan fingerprint density at radius 3 is 2.40 bits per heavy atom. The molecule has 0 aromatic heterocycles. The van der Waals surface area contributed by atoms with Crippen LogP contribution in [0, 0.1) is 16.7 Å². The molecule has 0 aromatic carbocycles. The standard InChI is InChI=1S/C19H32O5Si/c1-12-13(10-14(20)22-7)15(24-25(8,9)17(2,3)4)19(6)16(21)23-11-18(12,19)5/h13,15H,1,10-11H2,2-9H3/t13-,15+,18-,19-/m0/s1. The molecule has 1 aliphatic heterocycles. The normalized spacial score (nSPS) is 35.5. The van der Waals surface area contributed by atoms with Crippen molar-refractivity contribution in [2.45, 2.75) is 65.3 Å². The molecule has 2 fully saturated rings. The van der Waals surface area contributed by atoms with Gasteiger partial charge >= 0.3 is 11.9 Å². The van der Waals surface area contributed by atoms with Gasteiger partial charge in [-0.2, -0.15) is 0 Å². The third kappa shape index (κ3) is 2.78. The first-order valence-corrected chi connectivity index (χ1v) is 11.7. The first kappa shape index (κ1) is 20.2. The lowest BCUT2D eigenvalue weighted by Gasteiger charge is -2.43. The second-order valence-corrected chi connectivity index (χ2v) is 14.1. The molecule has 4 atom stereocenters. The van der Waals surface area contributed by atoms with Crippen molar-refractivity contribution in [1.82, 2.24) is 0 Å². The molecule has 5 nitrogen and oxygen atoms in total. The molecule has 0 spiro atoms. The van der Waals surface area contributed by atoms with Crippen LogP contribution in [0.5, 0.6) is 0 Å². The van der Waals surface area contributed by atoms with E-state index < -0.39 is 25.3 Å². The Labute approximate surface area is 152 Å². The van der Waals surface area contributed by atoms with Crippen LogP contribution >= 0.6 is 0 Å². The van der Waals surface area contributed by atoms with Crippen LogP contribution < -0.4 is 0 Å². The summed E-state index contributed by atoms with van der Waals surface area (Å²) in [6, 6.07) is 0. The second-order valence-electron chi connectivity index (χ2n) is 9.32. The predicted molar refractivity (Wildman–Crippen MR) is 98.5 cm³/mol. The Morgan fingerprint density at radius 1 is 1.36 bits per heavy atom. The smallest absolute Gasteiger partial charge is 0.315 e. The lowest BCUT2D eigenvalue weighted by atomic mass is 9.68. The summed E-state index contributed by atoms with van der Waals surface area (Å²) in [5.41, 5.74) is -0.511. The van der Waals surface area contributed by atoms with Gasteiger partial charge < -0.3 is 13.9 Å². The van der Waals surface area contributed by atoms with Gasteiger partial charge in [-0.1, -0.05) is 39.8 Å². The molecular formula is C19H32O5Si. The van der Waals surface area contributed by atoms with E-state index >= 15 is 0 Å². The van der Waals surface area contributed by atoms with Crippen molar-refractivity contribution < 1.29 is 23.5 Å². The van der Waals surface area contributed by atoms with Gasteiger partial charge in [-0.25, -0.2) is 0 Å². The van der Waals surface area contributed by atoms with E-state index in [1.165, 1.54) is 7.11 Å². The molecule has 0 radical (unpaired) electrons. The average molecular weight is 369 g/mol. The predicted octanol–water partition coefficient (Wildman–Crippen LogP) is 3.70. The van der Waals surface area contributed by atoms with Gasteiger partial charge in [0.1, 0.15) is 12.0 Å². The quantitative estimate of drug-likeness (QED) is 0.430. The summed E-state index contributed by atoms with van der Waals surface area (Å²) < 4.78 is 17.0. The van der Waals surface area contributed by atoms with Crippen LogP contribution in [0.1, 0.15) is 41.0 Å². The van der Waals surface area contributed by atoms with E-state index in [0.29, 0.717) is 0 Å². The van der Waals surface area contributed by atoms with Crippen molar-refractivity contribution in [3.63, 3.8) is 0 Å². The molecule has 2 rings (SSSR count). The fourth-order valence-electron chi connectivity index (χ4n) is 3.77. The Morgan fingerprint density at radius 2 is 1.92 bits per heavy atom. The van der Waals surface area contributed by atoms with Crippen LogP contribution in [0.3, 0.4) is 0 Å². The fraction of sp³-hybridized carbons (Fsp3) is 0.789. The number of carbonyl (C=O) groups excluding carboxylic acids is 2. The number of fused-ring (bicyclic) bond motifs is 1. The number of rotatable bonds is 4. The SMILES string of the molecule is C=C1[C@H](CC(=O)OC)[C@@H](O[Si](C)(C)C(C)(C)C)[C@@]2(C)C(=O)OC[C@@]12C. The Kier molecular flexibility index (Phi) is 4.80. The first-order valence-electron chi connectivity index (χ1n) is 8.83. The van der Waals surface area contributed by atoms with Gasteiger partial charge in [0, 0.05) is 11.3 Å². The lowest BCUT2D eigenvalue weighted by molar-refractivity contribution is -0.153. The molecule has 6 heteroatoms. The highest BCUT2D eigenvalue weighted by Crippen LogP contribution is 2.64. The molecule has 0 aromatic rings. The number of cyclic esters (lactones) is 1. The van der Waals surface area contributed by atoms with Crippen LogP contribution in [0.25, 0.3) is 0 Å². The van der Waals surface area contributed by atoms with Gasteiger partial charge in [0.2, 0.25) is 0 Å². The monoisotopic (exact) mass is 368 g/mol. The van der Waals surface area contributed by atoms with Crippen LogP contribution in [0.2, 0.25) is 18.1 Å². The highest BCUT2D eigenvalue weighted by Gasteiger charge is 2.71. The van der Waals surface area contributed by atoms with E-state index in [0.717, 1.165) is 5.57 Å². The van der Waals surface area contributed by atoms with Gasteiger partial charge in [0.25, 0.3) is 0 Å². The minimum atomic E-state index is -2.17. The molecule has 2 aliphatic rings. The molecule has 0 amide bonds. The summed E-state index contributed by atoms with van der Waals surface area (Å²) >= 11 is 0. The third-order valence-corrected chi connectivity index (χ3v) is 11.5. The maximum Gasteiger partial charge on any atom is 0.315 e. The molecule has 25 heavy (non-hydrogen) atoms. The number of methoxy groups -OCH3 is 1. The second kappa shape index (κ2) is 5.95. The minimum Gasteiger partial charge on any atom is -0.469 e. The van der Waals surface area contributed by atoms with Gasteiger partial charge in [0.05, 0.1) is 19.6 Å². The van der Waals surface area contributed by atoms with Crippen molar-refractivity contribution in [3.8, 4) is 0 Å². The molecule has 0 bridgehead atoms. The number of carbonyl (C=O) groups is 2. The number of ether oxygens (including phenoxy) is 2. The number of hydrogen-bond acceptors (Lipinski definition) is 5. The summed E-state index contributed by atoms with van der Waals surface area (Å²) in [5, 5.41) is -0.0119. The molecule has 1 heterocycles. The topological polar surface area (TPSA) is 61.8 Å². The van der Waals surface area contributed by atoms with Crippen LogP contribution in [-0.4, -0.2) is 40.1 Å². The van der Waals surface area contributed by atoms with Gasteiger partial charge in [0.15, 0.2) is 8.32 Å². The summed E-state index contributed by atoms with van der Waals surface area (Å²) in [6.45, 7) is 19.2.